The average molecular weight is 270 g/mol. The topological polar surface area (TPSA) is 72.9 Å². The van der Waals surface area contributed by atoms with E-state index in [0.29, 0.717) is 24.1 Å². The standard InChI is InChI=1S/C14H14N4O2/c19-7-6-18-13-12(8-16-18)14(20)17(10-15-13)9-11-4-2-1-3-5-11/h1-5,8,10,19H,6-7,9H2. The molecule has 0 atom stereocenters. The molecule has 1 aromatic carbocycles. The van der Waals surface area contributed by atoms with Crippen molar-refractivity contribution in [2.24, 2.45) is 0 Å². The predicted octanol–water partition coefficient (Wildman–Crippen LogP) is 0.634. The fourth-order valence-corrected chi connectivity index (χ4v) is 2.15. The summed E-state index contributed by atoms with van der Waals surface area (Å²) in [7, 11) is 0. The van der Waals surface area contributed by atoms with Crippen LogP contribution in [0.3, 0.4) is 0 Å². The molecule has 0 unspecified atom stereocenters. The predicted molar refractivity (Wildman–Crippen MR) is 74.4 cm³/mol. The van der Waals surface area contributed by atoms with E-state index in [2.05, 4.69) is 10.1 Å². The highest BCUT2D eigenvalue weighted by Crippen LogP contribution is 2.06. The first kappa shape index (κ1) is 12.6. The van der Waals surface area contributed by atoms with Crippen molar-refractivity contribution in [1.29, 1.82) is 0 Å². The molecule has 0 fully saturated rings. The van der Waals surface area contributed by atoms with Crippen LogP contribution in [0.2, 0.25) is 0 Å². The quantitative estimate of drug-likeness (QED) is 0.755. The van der Waals surface area contributed by atoms with Gasteiger partial charge in [-0.25, -0.2) is 9.67 Å². The minimum atomic E-state index is -0.122. The summed E-state index contributed by atoms with van der Waals surface area (Å²) in [4.78, 5) is 16.6. The Labute approximate surface area is 114 Å². The number of benzene rings is 1. The van der Waals surface area contributed by atoms with Crippen LogP contribution in [0.5, 0.6) is 0 Å². The molecule has 3 rings (SSSR count). The van der Waals surface area contributed by atoms with Crippen molar-refractivity contribution in [2.75, 3.05) is 6.61 Å². The van der Waals surface area contributed by atoms with Gasteiger partial charge >= 0.3 is 0 Å². The number of rotatable bonds is 4. The Kier molecular flexibility index (Phi) is 3.30. The number of aliphatic hydroxyl groups excluding tert-OH is 1. The normalized spacial score (nSPS) is 11.1. The van der Waals surface area contributed by atoms with Gasteiger partial charge in [-0.15, -0.1) is 0 Å². The van der Waals surface area contributed by atoms with Crippen LogP contribution in [0.15, 0.2) is 47.7 Å². The summed E-state index contributed by atoms with van der Waals surface area (Å²) in [5.41, 5.74) is 1.43. The second-order valence-corrected chi connectivity index (χ2v) is 4.49. The molecule has 0 saturated carbocycles. The lowest BCUT2D eigenvalue weighted by Gasteiger charge is -2.05. The number of fused-ring (bicyclic) bond motifs is 1. The van der Waals surface area contributed by atoms with Crippen molar-refractivity contribution in [1.82, 2.24) is 19.3 Å². The third-order valence-corrected chi connectivity index (χ3v) is 3.13. The third-order valence-electron chi connectivity index (χ3n) is 3.13. The smallest absolute Gasteiger partial charge is 0.264 e. The molecular formula is C14H14N4O2. The molecule has 0 amide bonds. The fraction of sp³-hybridized carbons (Fsp3) is 0.214. The Morgan fingerprint density at radius 3 is 2.75 bits per heavy atom. The lowest BCUT2D eigenvalue weighted by Crippen LogP contribution is -2.21. The van der Waals surface area contributed by atoms with E-state index in [0.717, 1.165) is 5.56 Å². The van der Waals surface area contributed by atoms with Gasteiger partial charge in [-0.2, -0.15) is 5.10 Å². The van der Waals surface area contributed by atoms with Gasteiger partial charge in [0.05, 0.1) is 25.9 Å². The molecule has 0 spiro atoms. The van der Waals surface area contributed by atoms with E-state index in [1.807, 2.05) is 30.3 Å². The molecule has 2 heterocycles. The molecule has 2 aromatic heterocycles. The van der Waals surface area contributed by atoms with Gasteiger partial charge in [0.1, 0.15) is 11.7 Å². The Morgan fingerprint density at radius 1 is 1.20 bits per heavy atom. The highest BCUT2D eigenvalue weighted by atomic mass is 16.3. The zero-order valence-electron chi connectivity index (χ0n) is 10.8. The number of aromatic nitrogens is 4. The first-order valence-corrected chi connectivity index (χ1v) is 6.35. The Balaban J connectivity index is 2.02. The van der Waals surface area contributed by atoms with Crippen LogP contribution in [-0.4, -0.2) is 31.0 Å². The molecule has 102 valence electrons. The summed E-state index contributed by atoms with van der Waals surface area (Å²) in [6.45, 7) is 0.776. The van der Waals surface area contributed by atoms with Crippen LogP contribution in [0, 0.1) is 0 Å². The number of nitrogens with zero attached hydrogens (tertiary/aromatic N) is 4. The Hall–Kier alpha value is -2.47. The van der Waals surface area contributed by atoms with Gasteiger partial charge in [0, 0.05) is 0 Å². The minimum Gasteiger partial charge on any atom is -0.394 e. The number of aliphatic hydroxyl groups is 1. The average Bonchev–Trinajstić information content (AvgIpc) is 2.88. The molecule has 0 aliphatic carbocycles. The zero-order chi connectivity index (χ0) is 13.9. The summed E-state index contributed by atoms with van der Waals surface area (Å²) < 4.78 is 3.09. The van der Waals surface area contributed by atoms with Crippen molar-refractivity contribution in [3.8, 4) is 0 Å². The van der Waals surface area contributed by atoms with E-state index >= 15 is 0 Å². The molecule has 0 saturated heterocycles. The maximum absolute atomic E-state index is 12.4. The van der Waals surface area contributed by atoms with E-state index in [9.17, 15) is 4.79 Å². The van der Waals surface area contributed by atoms with Crippen molar-refractivity contribution in [2.45, 2.75) is 13.1 Å². The molecule has 0 aliphatic rings. The number of hydrogen-bond donors (Lipinski definition) is 1. The third kappa shape index (κ3) is 2.21. The summed E-state index contributed by atoms with van der Waals surface area (Å²) in [5.74, 6) is 0. The molecule has 0 radical (unpaired) electrons. The van der Waals surface area contributed by atoms with Gasteiger partial charge in [-0.05, 0) is 5.56 Å². The maximum atomic E-state index is 12.4. The molecule has 3 aromatic rings. The molecule has 20 heavy (non-hydrogen) atoms. The molecule has 6 heteroatoms. The van der Waals surface area contributed by atoms with Crippen LogP contribution in [0.1, 0.15) is 5.56 Å². The van der Waals surface area contributed by atoms with E-state index in [1.54, 1.807) is 4.57 Å². The second kappa shape index (κ2) is 5.26. The van der Waals surface area contributed by atoms with Crippen LogP contribution in [0.25, 0.3) is 11.0 Å². The van der Waals surface area contributed by atoms with E-state index < -0.39 is 0 Å². The summed E-state index contributed by atoms with van der Waals surface area (Å²) >= 11 is 0. The number of hydrogen-bond acceptors (Lipinski definition) is 4. The highest BCUT2D eigenvalue weighted by molar-refractivity contribution is 5.72. The van der Waals surface area contributed by atoms with E-state index in [4.69, 9.17) is 5.11 Å². The lowest BCUT2D eigenvalue weighted by molar-refractivity contribution is 0.271. The molecular weight excluding hydrogens is 256 g/mol. The zero-order valence-corrected chi connectivity index (χ0v) is 10.8. The van der Waals surface area contributed by atoms with Crippen LogP contribution in [-0.2, 0) is 13.1 Å². The summed E-state index contributed by atoms with van der Waals surface area (Å²) in [6, 6.07) is 9.74. The van der Waals surface area contributed by atoms with Crippen molar-refractivity contribution < 1.29 is 5.11 Å². The van der Waals surface area contributed by atoms with Gasteiger partial charge in [0.15, 0.2) is 5.65 Å². The van der Waals surface area contributed by atoms with Crippen molar-refractivity contribution in [3.05, 3.63) is 58.8 Å². The van der Waals surface area contributed by atoms with Gasteiger partial charge in [-0.3, -0.25) is 9.36 Å². The Morgan fingerprint density at radius 2 is 2.00 bits per heavy atom. The largest absolute Gasteiger partial charge is 0.394 e. The van der Waals surface area contributed by atoms with Crippen LogP contribution < -0.4 is 5.56 Å². The first-order valence-electron chi connectivity index (χ1n) is 6.35. The van der Waals surface area contributed by atoms with E-state index in [-0.39, 0.29) is 12.2 Å². The fourth-order valence-electron chi connectivity index (χ4n) is 2.15. The molecule has 0 aliphatic heterocycles. The molecule has 6 nitrogen and oxygen atoms in total. The highest BCUT2D eigenvalue weighted by Gasteiger charge is 2.09. The first-order chi connectivity index (χ1) is 9.79. The van der Waals surface area contributed by atoms with E-state index in [1.165, 1.54) is 17.2 Å². The minimum absolute atomic E-state index is 0.0362. The van der Waals surface area contributed by atoms with Gasteiger partial charge in [0.2, 0.25) is 0 Å². The second-order valence-electron chi connectivity index (χ2n) is 4.49. The SMILES string of the molecule is O=c1c2cnn(CCO)c2ncn1Cc1ccccc1. The maximum Gasteiger partial charge on any atom is 0.264 e. The lowest BCUT2D eigenvalue weighted by atomic mass is 10.2. The summed E-state index contributed by atoms with van der Waals surface area (Å²) in [6.07, 6.45) is 3.02. The molecule has 1 N–H and O–H groups in total. The Bertz CT molecular complexity index is 777. The van der Waals surface area contributed by atoms with Gasteiger partial charge in [0.25, 0.3) is 5.56 Å². The molecule has 0 bridgehead atoms. The van der Waals surface area contributed by atoms with Crippen LogP contribution in [0.4, 0.5) is 0 Å². The van der Waals surface area contributed by atoms with Crippen molar-refractivity contribution >= 4 is 11.0 Å². The van der Waals surface area contributed by atoms with Crippen molar-refractivity contribution in [3.63, 3.8) is 0 Å². The van der Waals surface area contributed by atoms with Gasteiger partial charge < -0.3 is 5.11 Å². The van der Waals surface area contributed by atoms with Crippen LogP contribution >= 0.6 is 0 Å². The van der Waals surface area contributed by atoms with Gasteiger partial charge in [-0.1, -0.05) is 30.3 Å². The monoisotopic (exact) mass is 270 g/mol. The summed E-state index contributed by atoms with van der Waals surface area (Å²) in [5, 5.41) is 13.5.